The highest BCUT2D eigenvalue weighted by atomic mass is 28.3. The maximum Gasteiger partial charge on any atom is 0.761 e. The van der Waals surface area contributed by atoms with Crippen LogP contribution in [0.15, 0.2) is 0 Å². The van der Waals surface area contributed by atoms with Gasteiger partial charge in [-0.25, -0.2) is 0 Å². The maximum atomic E-state index is 8.74. The van der Waals surface area contributed by atoms with E-state index in [1.165, 1.54) is 0 Å². The largest absolute Gasteiger partial charge is 0.761 e. The normalized spacial score (nSPS) is 6.75. The zero-order valence-corrected chi connectivity index (χ0v) is 5.79. The first-order valence-corrected chi connectivity index (χ1v) is 3.57. The van der Waals surface area contributed by atoms with Crippen LogP contribution in [0.2, 0.25) is 0 Å². The number of hydrogen-bond acceptors (Lipinski definition) is 2. The molecule has 0 amide bonds. The van der Waals surface area contributed by atoms with E-state index in [0.29, 0.717) is 0 Å². The van der Waals surface area contributed by atoms with E-state index in [9.17, 15) is 0 Å². The molecule has 8 heavy (non-hydrogen) atoms. The molecule has 0 aromatic carbocycles. The lowest BCUT2D eigenvalue weighted by Crippen LogP contribution is -1.93. The van der Waals surface area contributed by atoms with Crippen LogP contribution in [0.1, 0.15) is 13.3 Å². The molecule has 50 valence electrons. The molecule has 4 N–H and O–H groups in total. The molecule has 0 heterocycles. The average Bonchev–Trinajstić information content (AvgIpc) is 1.65. The van der Waals surface area contributed by atoms with Crippen LogP contribution in [-0.2, 0) is 4.46 Å². The Bertz CT molecular complexity index is 52.5. The minimum Gasteiger partial charge on any atom is -0.511 e. The molecule has 0 aliphatic heterocycles. The van der Waals surface area contributed by atoms with Crippen LogP contribution in [0.25, 0.3) is 0 Å². The summed E-state index contributed by atoms with van der Waals surface area (Å²) in [7, 11) is -3.13. The molecule has 5 heteroatoms. The number of rotatable bonds is 1. The van der Waals surface area contributed by atoms with Crippen molar-refractivity contribution in [2.24, 2.45) is 5.73 Å². The topological polar surface area (TPSA) is 83.6 Å². The van der Waals surface area contributed by atoms with Crippen molar-refractivity contribution in [3.63, 3.8) is 0 Å². The zero-order chi connectivity index (χ0) is 6.99. The van der Waals surface area contributed by atoms with Crippen molar-refractivity contribution < 1.29 is 14.1 Å². The van der Waals surface area contributed by atoms with Crippen molar-refractivity contribution in [1.29, 1.82) is 0 Å². The Balaban J connectivity index is 0. The SMILES string of the molecule is CCCN.O=[Si](O)O. The van der Waals surface area contributed by atoms with E-state index >= 15 is 0 Å². The molecule has 0 aromatic heterocycles. The molecule has 0 unspecified atom stereocenters. The summed E-state index contributed by atoms with van der Waals surface area (Å²) < 4.78 is 8.74. The highest BCUT2D eigenvalue weighted by Crippen LogP contribution is 1.57. The van der Waals surface area contributed by atoms with Gasteiger partial charge in [0, 0.05) is 0 Å². The van der Waals surface area contributed by atoms with Crippen LogP contribution in [0.4, 0.5) is 0 Å². The Morgan fingerprint density at radius 3 is 1.75 bits per heavy atom. The van der Waals surface area contributed by atoms with Crippen molar-refractivity contribution in [3.8, 4) is 0 Å². The Morgan fingerprint density at radius 2 is 1.75 bits per heavy atom. The second-order valence-electron chi connectivity index (χ2n) is 1.07. The average molecular weight is 137 g/mol. The molecule has 0 fully saturated rings. The van der Waals surface area contributed by atoms with Gasteiger partial charge in [0.15, 0.2) is 0 Å². The second kappa shape index (κ2) is 9.76. The Morgan fingerprint density at radius 1 is 1.62 bits per heavy atom. The fourth-order valence-corrected chi connectivity index (χ4v) is 0. The summed E-state index contributed by atoms with van der Waals surface area (Å²) >= 11 is 0. The summed E-state index contributed by atoms with van der Waals surface area (Å²) in [5.74, 6) is 0. The lowest BCUT2D eigenvalue weighted by molar-refractivity contribution is 0.330. The van der Waals surface area contributed by atoms with Gasteiger partial charge in [-0.05, 0) is 13.0 Å². The van der Waals surface area contributed by atoms with Crippen molar-refractivity contribution in [2.75, 3.05) is 6.54 Å². The van der Waals surface area contributed by atoms with Gasteiger partial charge in [-0.15, -0.1) is 0 Å². The van der Waals surface area contributed by atoms with Gasteiger partial charge in [0.05, 0.1) is 0 Å². The van der Waals surface area contributed by atoms with Crippen LogP contribution in [-0.4, -0.2) is 25.3 Å². The highest BCUT2D eigenvalue weighted by Gasteiger charge is 1.85. The van der Waals surface area contributed by atoms with Gasteiger partial charge >= 0.3 is 9.17 Å². The van der Waals surface area contributed by atoms with E-state index in [0.717, 1.165) is 13.0 Å². The van der Waals surface area contributed by atoms with Crippen molar-refractivity contribution in [2.45, 2.75) is 13.3 Å². The molecule has 0 aliphatic carbocycles. The zero-order valence-electron chi connectivity index (χ0n) is 4.79. The summed E-state index contributed by atoms with van der Waals surface area (Å²) in [6.45, 7) is 2.88. The monoisotopic (exact) mass is 137 g/mol. The molecule has 4 nitrogen and oxygen atoms in total. The summed E-state index contributed by atoms with van der Waals surface area (Å²) in [5.41, 5.74) is 5.03. The molecule has 0 saturated heterocycles. The highest BCUT2D eigenvalue weighted by molar-refractivity contribution is 6.22. The van der Waals surface area contributed by atoms with Crippen molar-refractivity contribution in [1.82, 2.24) is 0 Å². The number of hydrogen-bond donors (Lipinski definition) is 3. The molecule has 0 aromatic rings. The quantitative estimate of drug-likeness (QED) is 0.394. The van der Waals surface area contributed by atoms with E-state index in [2.05, 4.69) is 6.92 Å². The third-order valence-corrected chi connectivity index (χ3v) is 0.289. The lowest BCUT2D eigenvalue weighted by Gasteiger charge is -1.70. The molecule has 0 rings (SSSR count). The lowest BCUT2D eigenvalue weighted by atomic mass is 10.5. The van der Waals surface area contributed by atoms with E-state index in [1.807, 2.05) is 0 Å². The summed E-state index contributed by atoms with van der Waals surface area (Å²) in [4.78, 5) is 14.3. The van der Waals surface area contributed by atoms with Gasteiger partial charge in [-0.2, -0.15) is 0 Å². The second-order valence-corrected chi connectivity index (χ2v) is 1.64. The predicted molar refractivity (Wildman–Crippen MR) is 30.2 cm³/mol. The van der Waals surface area contributed by atoms with Crippen LogP contribution < -0.4 is 5.73 Å². The molecular formula is C3H11NO3Si. The first kappa shape index (κ1) is 10.5. The van der Waals surface area contributed by atoms with Crippen molar-refractivity contribution in [3.05, 3.63) is 0 Å². The Labute approximate surface area is 49.9 Å². The third-order valence-electron chi connectivity index (χ3n) is 0.289. The van der Waals surface area contributed by atoms with E-state index in [-0.39, 0.29) is 0 Å². The fraction of sp³-hybridized carbons (Fsp3) is 1.00. The molecule has 0 atom stereocenters. The summed E-state index contributed by atoms with van der Waals surface area (Å²) in [5, 5.41) is 0. The summed E-state index contributed by atoms with van der Waals surface area (Å²) in [6, 6.07) is 0. The van der Waals surface area contributed by atoms with Gasteiger partial charge < -0.3 is 15.3 Å². The molecule has 0 saturated carbocycles. The summed E-state index contributed by atoms with van der Waals surface area (Å²) in [6.07, 6.45) is 1.10. The van der Waals surface area contributed by atoms with Gasteiger partial charge in [-0.1, -0.05) is 6.92 Å². The van der Waals surface area contributed by atoms with E-state index < -0.39 is 9.17 Å². The molecule has 0 aliphatic rings. The van der Waals surface area contributed by atoms with Gasteiger partial charge in [0.1, 0.15) is 0 Å². The standard InChI is InChI=1S/C3H9N.H2O3Si/c1-2-3-4;1-4(2)3/h2-4H2,1H3;1-2H. The minimum absolute atomic E-state index is 0.819. The molecule has 0 bridgehead atoms. The van der Waals surface area contributed by atoms with Gasteiger partial charge in [0.25, 0.3) is 0 Å². The smallest absolute Gasteiger partial charge is 0.511 e. The van der Waals surface area contributed by atoms with Gasteiger partial charge in [-0.3, -0.25) is 4.46 Å². The van der Waals surface area contributed by atoms with E-state index in [4.69, 9.17) is 19.8 Å². The maximum absolute atomic E-state index is 8.74. The van der Waals surface area contributed by atoms with E-state index in [1.54, 1.807) is 0 Å². The Kier molecular flexibility index (Phi) is 12.9. The minimum atomic E-state index is -3.13. The van der Waals surface area contributed by atoms with Crippen LogP contribution in [0.3, 0.4) is 0 Å². The van der Waals surface area contributed by atoms with Crippen LogP contribution in [0, 0.1) is 0 Å². The van der Waals surface area contributed by atoms with Crippen molar-refractivity contribution >= 4 is 9.17 Å². The first-order valence-electron chi connectivity index (χ1n) is 2.27. The number of nitrogens with two attached hydrogens (primary N) is 1. The van der Waals surface area contributed by atoms with Gasteiger partial charge in [0.2, 0.25) is 0 Å². The first-order chi connectivity index (χ1) is 3.65. The van der Waals surface area contributed by atoms with Crippen LogP contribution >= 0.6 is 0 Å². The predicted octanol–water partition coefficient (Wildman–Crippen LogP) is -1.26. The molecule has 0 spiro atoms. The molecule has 0 radical (unpaired) electrons. The third kappa shape index (κ3) is 351. The Hall–Kier alpha value is -0.423. The fourth-order valence-electron chi connectivity index (χ4n) is 0. The van der Waals surface area contributed by atoms with Crippen LogP contribution in [0.5, 0.6) is 0 Å². The molecular weight excluding hydrogens is 126 g/mol.